The van der Waals surface area contributed by atoms with Crippen molar-refractivity contribution >= 4 is 5.91 Å². The third-order valence-electron chi connectivity index (χ3n) is 3.48. The first-order chi connectivity index (χ1) is 8.70. The molecule has 5 heteroatoms. The van der Waals surface area contributed by atoms with Crippen molar-refractivity contribution in [2.24, 2.45) is 0 Å². The molecule has 0 aromatic carbocycles. The standard InChI is InChI=1S/C13H21N3O2/c1-3-4-5-12(17)16-8-6-11(7-9-16)13-15-14-10(2)18-13/h11H,3-9H2,1-2H3. The van der Waals surface area contributed by atoms with Crippen molar-refractivity contribution < 1.29 is 9.21 Å². The van der Waals surface area contributed by atoms with Crippen molar-refractivity contribution in [1.82, 2.24) is 15.1 Å². The molecular weight excluding hydrogens is 230 g/mol. The van der Waals surface area contributed by atoms with E-state index in [1.165, 1.54) is 0 Å². The molecule has 0 radical (unpaired) electrons. The number of hydrogen-bond donors (Lipinski definition) is 0. The summed E-state index contributed by atoms with van der Waals surface area (Å²) in [5.41, 5.74) is 0. The first kappa shape index (κ1) is 13.1. The predicted molar refractivity (Wildman–Crippen MR) is 67.1 cm³/mol. The van der Waals surface area contributed by atoms with Gasteiger partial charge in [-0.25, -0.2) is 0 Å². The molecule has 5 nitrogen and oxygen atoms in total. The third-order valence-corrected chi connectivity index (χ3v) is 3.48. The number of nitrogens with zero attached hydrogens (tertiary/aromatic N) is 3. The minimum atomic E-state index is 0.289. The highest BCUT2D eigenvalue weighted by Crippen LogP contribution is 2.27. The zero-order chi connectivity index (χ0) is 13.0. The summed E-state index contributed by atoms with van der Waals surface area (Å²) in [4.78, 5) is 13.8. The van der Waals surface area contributed by atoms with Gasteiger partial charge < -0.3 is 9.32 Å². The lowest BCUT2D eigenvalue weighted by Gasteiger charge is -2.30. The van der Waals surface area contributed by atoms with Crippen molar-refractivity contribution in [1.29, 1.82) is 0 Å². The molecule has 18 heavy (non-hydrogen) atoms. The second-order valence-corrected chi connectivity index (χ2v) is 4.92. The number of rotatable bonds is 4. The highest BCUT2D eigenvalue weighted by Gasteiger charge is 2.26. The molecule has 1 aromatic heterocycles. The Morgan fingerprint density at radius 2 is 2.11 bits per heavy atom. The third kappa shape index (κ3) is 3.09. The van der Waals surface area contributed by atoms with Gasteiger partial charge in [-0.2, -0.15) is 0 Å². The molecule has 2 heterocycles. The van der Waals surface area contributed by atoms with Gasteiger partial charge in [0.25, 0.3) is 0 Å². The Kier molecular flexibility index (Phi) is 4.33. The highest BCUT2D eigenvalue weighted by molar-refractivity contribution is 5.76. The van der Waals surface area contributed by atoms with Crippen LogP contribution in [0.25, 0.3) is 0 Å². The fraction of sp³-hybridized carbons (Fsp3) is 0.769. The van der Waals surface area contributed by atoms with Crippen LogP contribution in [0.3, 0.4) is 0 Å². The largest absolute Gasteiger partial charge is 0.425 e. The second-order valence-electron chi connectivity index (χ2n) is 4.92. The number of aromatic nitrogens is 2. The molecule has 1 aromatic rings. The van der Waals surface area contributed by atoms with Gasteiger partial charge in [0.1, 0.15) is 0 Å². The van der Waals surface area contributed by atoms with Crippen LogP contribution in [0, 0.1) is 6.92 Å². The molecule has 0 saturated carbocycles. The van der Waals surface area contributed by atoms with Gasteiger partial charge in [-0.05, 0) is 19.3 Å². The van der Waals surface area contributed by atoms with Crippen LogP contribution < -0.4 is 0 Å². The summed E-state index contributed by atoms with van der Waals surface area (Å²) in [6.07, 6.45) is 4.60. The zero-order valence-electron chi connectivity index (χ0n) is 11.2. The summed E-state index contributed by atoms with van der Waals surface area (Å²) in [6, 6.07) is 0. The predicted octanol–water partition coefficient (Wildman–Crippen LogP) is 2.27. The van der Waals surface area contributed by atoms with Gasteiger partial charge in [-0.15, -0.1) is 10.2 Å². The number of piperidine rings is 1. The Morgan fingerprint density at radius 3 is 2.67 bits per heavy atom. The van der Waals surface area contributed by atoms with Gasteiger partial charge in [-0.1, -0.05) is 13.3 Å². The number of likely N-dealkylation sites (tertiary alicyclic amines) is 1. The van der Waals surface area contributed by atoms with Gasteiger partial charge in [-0.3, -0.25) is 4.79 Å². The summed E-state index contributed by atoms with van der Waals surface area (Å²) in [5.74, 6) is 1.96. The van der Waals surface area contributed by atoms with E-state index in [1.54, 1.807) is 6.92 Å². The van der Waals surface area contributed by atoms with Crippen LogP contribution in [0.2, 0.25) is 0 Å². The summed E-state index contributed by atoms with van der Waals surface area (Å²) >= 11 is 0. The Labute approximate surface area is 108 Å². The number of amides is 1. The van der Waals surface area contributed by atoms with Crippen LogP contribution in [-0.4, -0.2) is 34.1 Å². The number of aryl methyl sites for hydroxylation is 1. The monoisotopic (exact) mass is 251 g/mol. The Balaban J connectivity index is 1.82. The molecule has 0 aliphatic carbocycles. The molecule has 0 atom stereocenters. The average Bonchev–Trinajstić information content (AvgIpc) is 2.83. The molecule has 0 spiro atoms. The van der Waals surface area contributed by atoms with E-state index in [2.05, 4.69) is 17.1 Å². The van der Waals surface area contributed by atoms with Gasteiger partial charge >= 0.3 is 0 Å². The van der Waals surface area contributed by atoms with E-state index in [9.17, 15) is 4.79 Å². The average molecular weight is 251 g/mol. The minimum absolute atomic E-state index is 0.289. The molecule has 1 amide bonds. The van der Waals surface area contributed by atoms with Crippen LogP contribution in [0.1, 0.15) is 56.7 Å². The van der Waals surface area contributed by atoms with Gasteiger partial charge in [0.2, 0.25) is 17.7 Å². The molecule has 1 aliphatic rings. The lowest BCUT2D eigenvalue weighted by atomic mass is 9.96. The van der Waals surface area contributed by atoms with Crippen LogP contribution >= 0.6 is 0 Å². The van der Waals surface area contributed by atoms with Crippen molar-refractivity contribution in [3.63, 3.8) is 0 Å². The Bertz CT molecular complexity index is 395. The van der Waals surface area contributed by atoms with Crippen molar-refractivity contribution in [3.8, 4) is 0 Å². The number of carbonyl (C=O) groups excluding carboxylic acids is 1. The normalized spacial score (nSPS) is 17.1. The molecule has 2 rings (SSSR count). The molecule has 1 saturated heterocycles. The maximum Gasteiger partial charge on any atom is 0.222 e. The summed E-state index contributed by atoms with van der Waals surface area (Å²) in [7, 11) is 0. The van der Waals surface area contributed by atoms with Crippen LogP contribution in [0.15, 0.2) is 4.42 Å². The quantitative estimate of drug-likeness (QED) is 0.823. The first-order valence-electron chi connectivity index (χ1n) is 6.78. The first-order valence-corrected chi connectivity index (χ1v) is 6.78. The SMILES string of the molecule is CCCCC(=O)N1CCC(c2nnc(C)o2)CC1. The van der Waals surface area contributed by atoms with E-state index in [0.29, 0.717) is 18.2 Å². The van der Waals surface area contributed by atoms with Gasteiger partial charge in [0, 0.05) is 32.4 Å². The molecule has 1 fully saturated rings. The van der Waals surface area contributed by atoms with Crippen molar-refractivity contribution in [3.05, 3.63) is 11.8 Å². The summed E-state index contributed by atoms with van der Waals surface area (Å²) < 4.78 is 5.46. The van der Waals surface area contributed by atoms with Crippen LogP contribution in [-0.2, 0) is 4.79 Å². The van der Waals surface area contributed by atoms with E-state index in [0.717, 1.165) is 44.7 Å². The molecule has 100 valence electrons. The van der Waals surface area contributed by atoms with Gasteiger partial charge in [0.15, 0.2) is 0 Å². The van der Waals surface area contributed by atoms with E-state index < -0.39 is 0 Å². The fourth-order valence-corrected chi connectivity index (χ4v) is 2.34. The maximum absolute atomic E-state index is 11.9. The minimum Gasteiger partial charge on any atom is -0.425 e. The van der Waals surface area contributed by atoms with Gasteiger partial charge in [0.05, 0.1) is 0 Å². The molecule has 0 bridgehead atoms. The van der Waals surface area contributed by atoms with Crippen LogP contribution in [0.4, 0.5) is 0 Å². The lowest BCUT2D eigenvalue weighted by molar-refractivity contribution is -0.132. The summed E-state index contributed by atoms with van der Waals surface area (Å²) in [5, 5.41) is 7.93. The molecular formula is C13H21N3O2. The molecule has 1 aliphatic heterocycles. The fourth-order valence-electron chi connectivity index (χ4n) is 2.34. The maximum atomic E-state index is 11.9. The highest BCUT2D eigenvalue weighted by atomic mass is 16.4. The number of unbranched alkanes of at least 4 members (excludes halogenated alkanes) is 1. The number of hydrogen-bond acceptors (Lipinski definition) is 4. The lowest BCUT2D eigenvalue weighted by Crippen LogP contribution is -2.37. The number of carbonyl (C=O) groups is 1. The van der Waals surface area contributed by atoms with E-state index in [-0.39, 0.29) is 5.91 Å². The van der Waals surface area contributed by atoms with E-state index in [1.807, 2.05) is 4.90 Å². The van der Waals surface area contributed by atoms with Crippen LogP contribution in [0.5, 0.6) is 0 Å². The second kappa shape index (κ2) is 5.98. The smallest absolute Gasteiger partial charge is 0.222 e. The van der Waals surface area contributed by atoms with E-state index >= 15 is 0 Å². The molecule has 0 unspecified atom stereocenters. The Hall–Kier alpha value is -1.39. The van der Waals surface area contributed by atoms with Crippen molar-refractivity contribution in [2.45, 2.75) is 51.9 Å². The zero-order valence-corrected chi connectivity index (χ0v) is 11.2. The van der Waals surface area contributed by atoms with Crippen molar-refractivity contribution in [2.75, 3.05) is 13.1 Å². The van der Waals surface area contributed by atoms with E-state index in [4.69, 9.17) is 4.42 Å². The molecule has 0 N–H and O–H groups in total. The summed E-state index contributed by atoms with van der Waals surface area (Å²) in [6.45, 7) is 5.54. The topological polar surface area (TPSA) is 59.2 Å². The Morgan fingerprint density at radius 1 is 1.39 bits per heavy atom.